The maximum atomic E-state index is 11.4. The van der Waals surface area contributed by atoms with Gasteiger partial charge in [-0.25, -0.2) is 4.79 Å². The lowest BCUT2D eigenvalue weighted by molar-refractivity contribution is -0.111. The van der Waals surface area contributed by atoms with Crippen LogP contribution in [0.5, 0.6) is 0 Å². The van der Waals surface area contributed by atoms with Crippen molar-refractivity contribution < 1.29 is 14.3 Å². The van der Waals surface area contributed by atoms with E-state index in [1.165, 1.54) is 7.11 Å². The maximum Gasteiger partial charge on any atom is 0.339 e. The molecule has 0 saturated carbocycles. The molecule has 0 aliphatic carbocycles. The monoisotopic (exact) mass is 219 g/mol. The molecule has 4 nitrogen and oxygen atoms in total. The molecule has 1 aromatic carbocycles. The van der Waals surface area contributed by atoms with Gasteiger partial charge < -0.3 is 10.1 Å². The fraction of sp³-hybridized carbons (Fsp3) is 0.167. The van der Waals surface area contributed by atoms with Crippen LogP contribution in [0.2, 0.25) is 0 Å². The molecular formula is C12H13NO3. The largest absolute Gasteiger partial charge is 0.465 e. The molecule has 1 rings (SSSR count). The lowest BCUT2D eigenvalue weighted by Crippen LogP contribution is -2.12. The summed E-state index contributed by atoms with van der Waals surface area (Å²) in [5, 5.41) is 2.56. The molecular weight excluding hydrogens is 206 g/mol. The van der Waals surface area contributed by atoms with Crippen molar-refractivity contribution in [2.45, 2.75) is 6.92 Å². The lowest BCUT2D eigenvalue weighted by atomic mass is 10.1. The van der Waals surface area contributed by atoms with Gasteiger partial charge in [0.25, 0.3) is 0 Å². The Morgan fingerprint density at radius 1 is 1.44 bits per heavy atom. The SMILES string of the molecule is C=CC(=O)Nc1cc(C)ccc1C(=O)OC. The second-order valence-electron chi connectivity index (χ2n) is 3.23. The van der Waals surface area contributed by atoms with Gasteiger partial charge >= 0.3 is 5.97 Å². The molecule has 0 heterocycles. The van der Waals surface area contributed by atoms with Gasteiger partial charge in [-0.2, -0.15) is 0 Å². The number of carbonyl (C=O) groups is 2. The zero-order valence-electron chi connectivity index (χ0n) is 9.24. The van der Waals surface area contributed by atoms with Crippen molar-refractivity contribution in [3.8, 4) is 0 Å². The number of nitrogens with one attached hydrogen (secondary N) is 1. The molecule has 0 aromatic heterocycles. The first kappa shape index (κ1) is 12.0. The van der Waals surface area contributed by atoms with Crippen LogP contribution in [0.25, 0.3) is 0 Å². The van der Waals surface area contributed by atoms with Crippen LogP contribution < -0.4 is 5.32 Å². The molecule has 0 unspecified atom stereocenters. The van der Waals surface area contributed by atoms with Crippen molar-refractivity contribution in [1.29, 1.82) is 0 Å². The summed E-state index contributed by atoms with van der Waals surface area (Å²) >= 11 is 0. The number of rotatable bonds is 3. The minimum atomic E-state index is -0.487. The smallest absolute Gasteiger partial charge is 0.339 e. The highest BCUT2D eigenvalue weighted by molar-refractivity contribution is 6.04. The van der Waals surface area contributed by atoms with E-state index >= 15 is 0 Å². The van der Waals surface area contributed by atoms with Crippen LogP contribution in [-0.4, -0.2) is 19.0 Å². The molecule has 1 aromatic rings. The Bertz CT molecular complexity index is 438. The summed E-state index contributed by atoms with van der Waals surface area (Å²) in [5.41, 5.74) is 1.69. The first-order chi connectivity index (χ1) is 7.58. The van der Waals surface area contributed by atoms with Crippen molar-refractivity contribution in [2.24, 2.45) is 0 Å². The Morgan fingerprint density at radius 2 is 2.12 bits per heavy atom. The number of carbonyl (C=O) groups excluding carboxylic acids is 2. The van der Waals surface area contributed by atoms with Crippen LogP contribution >= 0.6 is 0 Å². The molecule has 0 spiro atoms. The molecule has 1 amide bonds. The summed E-state index contributed by atoms with van der Waals surface area (Å²) in [7, 11) is 1.29. The van der Waals surface area contributed by atoms with Crippen molar-refractivity contribution in [3.63, 3.8) is 0 Å². The zero-order valence-corrected chi connectivity index (χ0v) is 9.24. The van der Waals surface area contributed by atoms with E-state index in [2.05, 4.69) is 16.6 Å². The second kappa shape index (κ2) is 5.11. The average molecular weight is 219 g/mol. The van der Waals surface area contributed by atoms with Crippen LogP contribution in [0, 0.1) is 6.92 Å². The number of hydrogen-bond donors (Lipinski definition) is 1. The van der Waals surface area contributed by atoms with Crippen molar-refractivity contribution in [2.75, 3.05) is 12.4 Å². The van der Waals surface area contributed by atoms with E-state index in [0.29, 0.717) is 11.3 Å². The first-order valence-corrected chi connectivity index (χ1v) is 4.71. The van der Waals surface area contributed by atoms with E-state index in [1.54, 1.807) is 18.2 Å². The zero-order chi connectivity index (χ0) is 12.1. The summed E-state index contributed by atoms with van der Waals surface area (Å²) in [6.07, 6.45) is 1.14. The number of hydrogen-bond acceptors (Lipinski definition) is 3. The molecule has 0 atom stereocenters. The van der Waals surface area contributed by atoms with Gasteiger partial charge in [-0.15, -0.1) is 0 Å². The average Bonchev–Trinajstić information content (AvgIpc) is 2.28. The Morgan fingerprint density at radius 3 is 2.69 bits per heavy atom. The van der Waals surface area contributed by atoms with Gasteiger partial charge in [0.2, 0.25) is 5.91 Å². The van der Waals surface area contributed by atoms with E-state index in [9.17, 15) is 9.59 Å². The van der Waals surface area contributed by atoms with Gasteiger partial charge in [0.05, 0.1) is 18.4 Å². The Labute approximate surface area is 93.9 Å². The number of methoxy groups -OCH3 is 1. The van der Waals surface area contributed by atoms with Crippen LogP contribution in [0.3, 0.4) is 0 Å². The molecule has 84 valence electrons. The highest BCUT2D eigenvalue weighted by Crippen LogP contribution is 2.18. The summed E-state index contributed by atoms with van der Waals surface area (Å²) in [6.45, 7) is 5.21. The molecule has 0 fully saturated rings. The highest BCUT2D eigenvalue weighted by Gasteiger charge is 2.12. The summed E-state index contributed by atoms with van der Waals surface area (Å²) in [4.78, 5) is 22.6. The van der Waals surface area contributed by atoms with Gasteiger partial charge in [0, 0.05) is 0 Å². The minimum absolute atomic E-state index is 0.323. The van der Waals surface area contributed by atoms with E-state index < -0.39 is 5.97 Å². The predicted octanol–water partition coefficient (Wildman–Crippen LogP) is 1.91. The molecule has 0 bridgehead atoms. The van der Waals surface area contributed by atoms with Gasteiger partial charge in [0.15, 0.2) is 0 Å². The van der Waals surface area contributed by atoms with Crippen molar-refractivity contribution in [3.05, 3.63) is 42.0 Å². The predicted molar refractivity (Wildman–Crippen MR) is 61.3 cm³/mol. The number of amides is 1. The standard InChI is InChI=1S/C12H13NO3/c1-4-11(14)13-10-7-8(2)5-6-9(10)12(15)16-3/h4-7H,1H2,2-3H3,(H,13,14). The van der Waals surface area contributed by atoms with Crippen LogP contribution in [-0.2, 0) is 9.53 Å². The summed E-state index contributed by atoms with van der Waals surface area (Å²) in [5.74, 6) is -0.852. The van der Waals surface area contributed by atoms with Gasteiger partial charge in [-0.05, 0) is 30.7 Å². The highest BCUT2D eigenvalue weighted by atomic mass is 16.5. The lowest BCUT2D eigenvalue weighted by Gasteiger charge is -2.09. The first-order valence-electron chi connectivity index (χ1n) is 4.71. The molecule has 1 N–H and O–H groups in total. The van der Waals surface area contributed by atoms with Crippen LogP contribution in [0.1, 0.15) is 15.9 Å². The topological polar surface area (TPSA) is 55.4 Å². The molecule has 0 saturated heterocycles. The fourth-order valence-electron chi connectivity index (χ4n) is 1.23. The fourth-order valence-corrected chi connectivity index (χ4v) is 1.23. The van der Waals surface area contributed by atoms with E-state index in [0.717, 1.165) is 11.6 Å². The molecule has 4 heteroatoms. The number of benzene rings is 1. The second-order valence-corrected chi connectivity index (χ2v) is 3.23. The molecule has 0 aliphatic heterocycles. The number of aryl methyl sites for hydroxylation is 1. The summed E-state index contributed by atoms with van der Waals surface area (Å²) in [6, 6.07) is 5.09. The van der Waals surface area contributed by atoms with Crippen LogP contribution in [0.15, 0.2) is 30.9 Å². The quantitative estimate of drug-likeness (QED) is 0.624. The third-order valence-corrected chi connectivity index (χ3v) is 2.02. The Kier molecular flexibility index (Phi) is 3.83. The minimum Gasteiger partial charge on any atom is -0.465 e. The number of anilines is 1. The van der Waals surface area contributed by atoms with Gasteiger partial charge in [0.1, 0.15) is 0 Å². The third-order valence-electron chi connectivity index (χ3n) is 2.02. The molecule has 0 aliphatic rings. The molecule has 16 heavy (non-hydrogen) atoms. The van der Waals surface area contributed by atoms with Crippen LogP contribution in [0.4, 0.5) is 5.69 Å². The van der Waals surface area contributed by atoms with E-state index in [4.69, 9.17) is 0 Å². The molecule has 0 radical (unpaired) electrons. The number of ether oxygens (including phenoxy) is 1. The summed E-state index contributed by atoms with van der Waals surface area (Å²) < 4.78 is 4.62. The maximum absolute atomic E-state index is 11.4. The third kappa shape index (κ3) is 2.70. The van der Waals surface area contributed by atoms with Gasteiger partial charge in [-0.3, -0.25) is 4.79 Å². The van der Waals surface area contributed by atoms with Crippen molar-refractivity contribution >= 4 is 17.6 Å². The Balaban J connectivity index is 3.12. The van der Waals surface area contributed by atoms with Crippen molar-refractivity contribution in [1.82, 2.24) is 0 Å². The number of esters is 1. The van der Waals surface area contributed by atoms with E-state index in [1.807, 2.05) is 6.92 Å². The van der Waals surface area contributed by atoms with Gasteiger partial charge in [-0.1, -0.05) is 12.6 Å². The van der Waals surface area contributed by atoms with E-state index in [-0.39, 0.29) is 5.91 Å². The normalized spacial score (nSPS) is 9.38. The Hall–Kier alpha value is -2.10.